The molecule has 248 valence electrons. The van der Waals surface area contributed by atoms with Gasteiger partial charge in [0.1, 0.15) is 12.6 Å². The van der Waals surface area contributed by atoms with Gasteiger partial charge in [0, 0.05) is 35.7 Å². The number of para-hydroxylation sites is 1. The fraction of sp³-hybridized carbons (Fsp3) is 0.353. The Kier molecular flexibility index (Phi) is 11.8. The minimum absolute atomic E-state index is 0.00716. The van der Waals surface area contributed by atoms with Crippen LogP contribution >= 0.6 is 6.42 Å². The van der Waals surface area contributed by atoms with Crippen LogP contribution in [0.15, 0.2) is 85.1 Å². The number of rotatable bonds is 14. The number of aromatic amines is 1. The zero-order chi connectivity index (χ0) is 33.2. The summed E-state index contributed by atoms with van der Waals surface area (Å²) in [6.45, 7) is 0.0859. The van der Waals surface area contributed by atoms with Crippen LogP contribution in [0.25, 0.3) is 10.9 Å². The van der Waals surface area contributed by atoms with E-state index in [2.05, 4.69) is 15.4 Å². The summed E-state index contributed by atoms with van der Waals surface area (Å²) >= 11 is 6.39. The largest absolute Gasteiger partial charge is 0.468 e. The van der Waals surface area contributed by atoms with Crippen LogP contribution in [0.4, 0.5) is 10.5 Å². The lowest BCUT2D eigenvalue weighted by atomic mass is 9.89. The number of esters is 1. The maximum atomic E-state index is 13.4. The predicted octanol–water partition coefficient (Wildman–Crippen LogP) is 7.11. The molecule has 1 amide bonds. The first-order valence-corrected chi connectivity index (χ1v) is 18.4. The lowest BCUT2D eigenvalue weighted by Gasteiger charge is -2.39. The molecule has 13 heteroatoms. The summed E-state index contributed by atoms with van der Waals surface area (Å²) < 4.78 is 17.5. The minimum atomic E-state index is -3.32. The Bertz CT molecular complexity index is 1710. The second-order valence-electron chi connectivity index (χ2n) is 11.6. The number of benzene rings is 3. The molecule has 3 aromatic carbocycles. The van der Waals surface area contributed by atoms with Crippen LogP contribution in [0, 0.1) is 16.0 Å². The number of carbonyl (C=O) groups excluding carboxylic acids is 2. The van der Waals surface area contributed by atoms with Crippen LogP contribution in [0.2, 0.25) is 0 Å². The van der Waals surface area contributed by atoms with E-state index in [0.717, 1.165) is 54.1 Å². The van der Waals surface area contributed by atoms with Crippen molar-refractivity contribution in [3.63, 3.8) is 0 Å². The number of hydrogen-bond acceptors (Lipinski definition) is 8. The van der Waals surface area contributed by atoms with E-state index in [1.807, 2.05) is 60.8 Å². The predicted molar refractivity (Wildman–Crippen MR) is 183 cm³/mol. The van der Waals surface area contributed by atoms with Gasteiger partial charge in [-0.3, -0.25) is 20.0 Å². The van der Waals surface area contributed by atoms with E-state index in [4.69, 9.17) is 25.8 Å². The number of aromatic nitrogens is 1. The van der Waals surface area contributed by atoms with E-state index in [9.17, 15) is 19.7 Å². The van der Waals surface area contributed by atoms with Crippen molar-refractivity contribution in [3.8, 4) is 0 Å². The molecule has 3 N–H and O–H groups in total. The molecule has 5 rings (SSSR count). The number of nitrogens with zero attached hydrogens (tertiary/aromatic N) is 1. The van der Waals surface area contributed by atoms with E-state index in [-0.39, 0.29) is 31.2 Å². The molecule has 47 heavy (non-hydrogen) atoms. The summed E-state index contributed by atoms with van der Waals surface area (Å²) in [7, 11) is 1.32. The van der Waals surface area contributed by atoms with Crippen molar-refractivity contribution in [2.24, 2.45) is 5.92 Å². The molecule has 0 radical (unpaired) electrons. The minimum Gasteiger partial charge on any atom is -0.468 e. The number of nitrogens with one attached hydrogen (secondary N) is 3. The van der Waals surface area contributed by atoms with Crippen molar-refractivity contribution in [3.05, 3.63) is 112 Å². The van der Waals surface area contributed by atoms with E-state index < -0.39 is 35.2 Å². The van der Waals surface area contributed by atoms with Crippen LogP contribution < -0.4 is 10.4 Å². The number of fused-ring (bicyclic) bond motifs is 1. The molecule has 0 aliphatic heterocycles. The number of nitro groups is 1. The molecule has 3 atom stereocenters. The quantitative estimate of drug-likeness (QED) is 0.0550. The van der Waals surface area contributed by atoms with E-state index >= 15 is 0 Å². The average Bonchev–Trinajstić information content (AvgIpc) is 3.51. The van der Waals surface area contributed by atoms with Crippen molar-refractivity contribution in [1.29, 1.82) is 0 Å². The molecular weight excluding hydrogens is 639 g/mol. The zero-order valence-electron chi connectivity index (χ0n) is 26.1. The Morgan fingerprint density at radius 2 is 1.66 bits per heavy atom. The monoisotopic (exact) mass is 678 g/mol. The number of carbonyl (C=O) groups is 2. The Morgan fingerprint density at radius 1 is 0.979 bits per heavy atom. The van der Waals surface area contributed by atoms with Gasteiger partial charge in [-0.15, -0.1) is 0 Å². The highest BCUT2D eigenvalue weighted by Gasteiger charge is 2.41. The molecule has 1 saturated carbocycles. The van der Waals surface area contributed by atoms with Gasteiger partial charge in [0.05, 0.1) is 24.4 Å². The zero-order valence-corrected chi connectivity index (χ0v) is 27.8. The molecule has 1 aliphatic carbocycles. The summed E-state index contributed by atoms with van der Waals surface area (Å²) in [4.78, 5) is 40.7. The van der Waals surface area contributed by atoms with E-state index in [0.29, 0.717) is 5.56 Å². The number of methoxy groups -OCH3 is 1. The number of non-ortho nitro benzene ring substituents is 1. The van der Waals surface area contributed by atoms with Gasteiger partial charge in [-0.05, 0) is 65.5 Å². The van der Waals surface area contributed by atoms with Gasteiger partial charge in [-0.2, -0.15) is 0 Å². The van der Waals surface area contributed by atoms with Crippen molar-refractivity contribution in [1.82, 2.24) is 15.4 Å². The van der Waals surface area contributed by atoms with Gasteiger partial charge in [-0.25, -0.2) is 4.79 Å². The van der Waals surface area contributed by atoms with Crippen molar-refractivity contribution in [2.75, 3.05) is 7.11 Å². The third-order valence-corrected chi connectivity index (χ3v) is 12.2. The fourth-order valence-corrected chi connectivity index (χ4v) is 9.67. The molecule has 1 heterocycles. The van der Waals surface area contributed by atoms with Crippen molar-refractivity contribution < 1.29 is 28.5 Å². The smallest absolute Gasteiger partial charge is 0.408 e. The second-order valence-corrected chi connectivity index (χ2v) is 15.5. The molecule has 0 spiro atoms. The third-order valence-electron chi connectivity index (χ3n) is 8.43. The van der Waals surface area contributed by atoms with Crippen LogP contribution in [0.3, 0.4) is 0 Å². The fourth-order valence-electron chi connectivity index (χ4n) is 5.96. The molecule has 0 bridgehead atoms. The van der Waals surface area contributed by atoms with Crippen LogP contribution in [-0.2, 0) is 50.2 Å². The summed E-state index contributed by atoms with van der Waals surface area (Å²) in [6, 6.07) is 22.3. The standard InChI is InChI=1S/C34H39N4O7PS/c1-43-33(39)31(20-27-21-35-30-15-9-8-14-29(27)30)37-46(47,45-23-25-16-18-28(19-17-25)38(41)42)32(26-12-6-3-7-13-26)36-34(40)44-22-24-10-4-2-5-11-24/h2,4-5,8-11,14-19,21,26,31-32,35H,3,6-7,12-13,20,22-23H2,1H3,(H,36,40)(H,37,47)/t31-,32-,46?/m1/s1. The normalized spacial score (nSPS) is 16.1. The maximum Gasteiger partial charge on any atom is 0.408 e. The van der Waals surface area contributed by atoms with E-state index in [1.165, 1.54) is 19.2 Å². The first kappa shape index (κ1) is 34.3. The SMILES string of the molecule is COC(=O)[C@@H](Cc1c[nH]c2ccccc12)NP(=S)(OCc1ccc([N+](=O)[O-])cc1)[C@@H](NC(=O)OCc1ccccc1)C1CCCCC1. The molecular formula is C34H39N4O7PS. The Hall–Kier alpha value is -4.09. The molecule has 4 aromatic rings. The molecule has 0 saturated heterocycles. The second kappa shape index (κ2) is 16.1. The Morgan fingerprint density at radius 3 is 2.36 bits per heavy atom. The average molecular weight is 679 g/mol. The van der Waals surface area contributed by atoms with Gasteiger partial charge < -0.3 is 24.3 Å². The highest BCUT2D eigenvalue weighted by molar-refractivity contribution is 8.11. The molecule has 1 aliphatic rings. The number of ether oxygens (including phenoxy) is 2. The number of alkyl carbamates (subject to hydrolysis) is 1. The number of hydrogen-bond donors (Lipinski definition) is 3. The van der Waals surface area contributed by atoms with Crippen LogP contribution in [-0.4, -0.2) is 40.9 Å². The Balaban J connectivity index is 1.46. The number of nitro benzene ring substituents is 1. The maximum absolute atomic E-state index is 13.4. The van der Waals surface area contributed by atoms with Gasteiger partial charge >= 0.3 is 12.1 Å². The number of amides is 1. The van der Waals surface area contributed by atoms with Crippen LogP contribution in [0.1, 0.15) is 48.8 Å². The van der Waals surface area contributed by atoms with Gasteiger partial charge in [0.2, 0.25) is 0 Å². The Labute approximate surface area is 278 Å². The van der Waals surface area contributed by atoms with Gasteiger partial charge in [0.15, 0.2) is 6.42 Å². The highest BCUT2D eigenvalue weighted by atomic mass is 32.4. The van der Waals surface area contributed by atoms with Crippen molar-refractivity contribution in [2.45, 2.75) is 63.6 Å². The lowest BCUT2D eigenvalue weighted by molar-refractivity contribution is -0.384. The third kappa shape index (κ3) is 9.04. The van der Waals surface area contributed by atoms with Crippen LogP contribution in [0.5, 0.6) is 0 Å². The van der Waals surface area contributed by atoms with Gasteiger partial charge in [0.25, 0.3) is 5.69 Å². The first-order chi connectivity index (χ1) is 22.8. The summed E-state index contributed by atoms with van der Waals surface area (Å²) in [5, 5.41) is 18.6. The first-order valence-electron chi connectivity index (χ1n) is 15.6. The lowest BCUT2D eigenvalue weighted by Crippen LogP contribution is -2.48. The molecule has 11 nitrogen and oxygen atoms in total. The molecule has 1 aromatic heterocycles. The van der Waals surface area contributed by atoms with Crippen molar-refractivity contribution >= 4 is 46.9 Å². The molecule has 1 fully saturated rings. The van der Waals surface area contributed by atoms with E-state index in [1.54, 1.807) is 12.1 Å². The molecule has 1 unspecified atom stereocenters. The topological polar surface area (TPSA) is 145 Å². The highest BCUT2D eigenvalue weighted by Crippen LogP contribution is 2.54. The summed E-state index contributed by atoms with van der Waals surface area (Å²) in [5.74, 6) is -1.22. The summed E-state index contributed by atoms with van der Waals surface area (Å²) in [5.41, 5.74) is 3.28. The van der Waals surface area contributed by atoms with Gasteiger partial charge in [-0.1, -0.05) is 67.8 Å². The summed E-state index contributed by atoms with van der Waals surface area (Å²) in [6.07, 6.45) is 2.81. The number of H-pyrrole nitrogens is 1.